The van der Waals surface area contributed by atoms with Crippen LogP contribution in [0, 0.1) is 0 Å². The lowest BCUT2D eigenvalue weighted by Crippen LogP contribution is -2.56. The number of likely N-dealkylation sites (tertiary alicyclic amines) is 1. The van der Waals surface area contributed by atoms with Gasteiger partial charge in [-0.25, -0.2) is 0 Å². The molecule has 11 nitrogen and oxygen atoms in total. The Balaban J connectivity index is 1.31. The molecular formula is C27H34N8O3. The summed E-state index contributed by atoms with van der Waals surface area (Å²) in [4.78, 5) is 35.7. The predicted molar refractivity (Wildman–Crippen MR) is 145 cm³/mol. The highest BCUT2D eigenvalue weighted by Crippen LogP contribution is 2.24. The third kappa shape index (κ3) is 5.47. The second kappa shape index (κ2) is 11.2. The molecule has 38 heavy (non-hydrogen) atoms. The highest BCUT2D eigenvalue weighted by molar-refractivity contribution is 6.00. The van der Waals surface area contributed by atoms with Gasteiger partial charge < -0.3 is 25.6 Å². The molecule has 2 aliphatic rings. The van der Waals surface area contributed by atoms with E-state index in [0.29, 0.717) is 37.1 Å². The SMILES string of the molecule is C=CC(=O)N1CC[C@@H]1C(=O)Nc1cccc(CNc2nc(NC3CCOCC3)nc3c(C(C)C)cnn23)c1. The van der Waals surface area contributed by atoms with Gasteiger partial charge in [0, 0.05) is 43.6 Å². The molecule has 0 radical (unpaired) electrons. The van der Waals surface area contributed by atoms with Crippen LogP contribution in [-0.4, -0.2) is 68.1 Å². The van der Waals surface area contributed by atoms with Crippen LogP contribution < -0.4 is 16.0 Å². The van der Waals surface area contributed by atoms with E-state index < -0.39 is 6.04 Å². The summed E-state index contributed by atoms with van der Waals surface area (Å²) < 4.78 is 7.21. The van der Waals surface area contributed by atoms with Gasteiger partial charge in [-0.15, -0.1) is 0 Å². The molecule has 1 atom stereocenters. The molecule has 2 fully saturated rings. The molecule has 2 aromatic heterocycles. The van der Waals surface area contributed by atoms with Gasteiger partial charge in [0.2, 0.25) is 23.7 Å². The van der Waals surface area contributed by atoms with Crippen molar-refractivity contribution in [2.75, 3.05) is 35.7 Å². The molecular weight excluding hydrogens is 484 g/mol. The summed E-state index contributed by atoms with van der Waals surface area (Å²) in [6, 6.07) is 7.40. The Labute approximate surface area is 221 Å². The maximum absolute atomic E-state index is 12.7. The summed E-state index contributed by atoms with van der Waals surface area (Å²) in [5, 5.41) is 14.3. The molecule has 2 saturated heterocycles. The fraction of sp³-hybridized carbons (Fsp3) is 0.444. The van der Waals surface area contributed by atoms with Gasteiger partial charge >= 0.3 is 0 Å². The molecule has 3 N–H and O–H groups in total. The lowest BCUT2D eigenvalue weighted by molar-refractivity contribution is -0.141. The third-order valence-corrected chi connectivity index (χ3v) is 7.00. The fourth-order valence-corrected chi connectivity index (χ4v) is 4.71. The quantitative estimate of drug-likeness (QED) is 0.369. The Morgan fingerprint density at radius 1 is 1.21 bits per heavy atom. The van der Waals surface area contributed by atoms with E-state index in [0.717, 1.165) is 42.8 Å². The van der Waals surface area contributed by atoms with Gasteiger partial charge in [-0.1, -0.05) is 32.6 Å². The van der Waals surface area contributed by atoms with Crippen LogP contribution in [0.25, 0.3) is 5.65 Å². The average Bonchev–Trinajstić information content (AvgIpc) is 3.32. The summed E-state index contributed by atoms with van der Waals surface area (Å²) in [5.41, 5.74) is 3.45. The number of nitrogens with one attached hydrogen (secondary N) is 3. The van der Waals surface area contributed by atoms with E-state index in [-0.39, 0.29) is 23.8 Å². The van der Waals surface area contributed by atoms with E-state index in [1.165, 1.54) is 11.0 Å². The first-order valence-electron chi connectivity index (χ1n) is 13.1. The number of carbonyl (C=O) groups excluding carboxylic acids is 2. The molecule has 4 heterocycles. The molecule has 3 aromatic rings. The minimum atomic E-state index is -0.465. The minimum absolute atomic E-state index is 0.198. The van der Waals surface area contributed by atoms with Gasteiger partial charge in [0.05, 0.1) is 6.20 Å². The Morgan fingerprint density at radius 2 is 2.03 bits per heavy atom. The van der Waals surface area contributed by atoms with Gasteiger partial charge in [-0.05, 0) is 49.0 Å². The van der Waals surface area contributed by atoms with Crippen LogP contribution in [-0.2, 0) is 20.9 Å². The number of carbonyl (C=O) groups is 2. The Morgan fingerprint density at radius 3 is 2.74 bits per heavy atom. The van der Waals surface area contributed by atoms with Crippen molar-refractivity contribution >= 4 is 35.0 Å². The zero-order chi connectivity index (χ0) is 26.6. The zero-order valence-electron chi connectivity index (χ0n) is 21.8. The van der Waals surface area contributed by atoms with Crippen molar-refractivity contribution in [3.05, 3.63) is 54.2 Å². The number of benzene rings is 1. The van der Waals surface area contributed by atoms with E-state index >= 15 is 0 Å². The summed E-state index contributed by atoms with van der Waals surface area (Å²) in [5.74, 6) is 0.985. The van der Waals surface area contributed by atoms with E-state index in [4.69, 9.17) is 14.7 Å². The first-order chi connectivity index (χ1) is 18.4. The lowest BCUT2D eigenvalue weighted by Gasteiger charge is -2.39. The van der Waals surface area contributed by atoms with Crippen LogP contribution in [0.3, 0.4) is 0 Å². The normalized spacial score (nSPS) is 17.8. The summed E-state index contributed by atoms with van der Waals surface area (Å²) >= 11 is 0. The number of aromatic nitrogens is 4. The molecule has 0 saturated carbocycles. The summed E-state index contributed by atoms with van der Waals surface area (Å²) in [7, 11) is 0. The maximum atomic E-state index is 12.7. The molecule has 0 spiro atoms. The monoisotopic (exact) mass is 518 g/mol. The van der Waals surface area contributed by atoms with Crippen molar-refractivity contribution in [2.45, 2.75) is 57.7 Å². The topological polar surface area (TPSA) is 126 Å². The predicted octanol–water partition coefficient (Wildman–Crippen LogP) is 3.18. The third-order valence-electron chi connectivity index (χ3n) is 7.00. The number of anilines is 3. The van der Waals surface area contributed by atoms with Gasteiger partial charge in [0.25, 0.3) is 0 Å². The second-order valence-corrected chi connectivity index (χ2v) is 9.98. The van der Waals surface area contributed by atoms with E-state index in [2.05, 4.69) is 41.5 Å². The highest BCUT2D eigenvalue weighted by atomic mass is 16.5. The largest absolute Gasteiger partial charge is 0.381 e. The van der Waals surface area contributed by atoms with E-state index in [9.17, 15) is 9.59 Å². The fourth-order valence-electron chi connectivity index (χ4n) is 4.71. The van der Waals surface area contributed by atoms with Crippen molar-refractivity contribution in [1.82, 2.24) is 24.5 Å². The van der Waals surface area contributed by atoms with Crippen molar-refractivity contribution in [1.29, 1.82) is 0 Å². The second-order valence-electron chi connectivity index (χ2n) is 9.98. The van der Waals surface area contributed by atoms with Crippen molar-refractivity contribution < 1.29 is 14.3 Å². The molecule has 5 rings (SSSR count). The highest BCUT2D eigenvalue weighted by Gasteiger charge is 2.36. The molecule has 2 amide bonds. The van der Waals surface area contributed by atoms with E-state index in [1.54, 1.807) is 4.52 Å². The van der Waals surface area contributed by atoms with Crippen molar-refractivity contribution in [2.24, 2.45) is 0 Å². The van der Waals surface area contributed by atoms with Gasteiger partial charge in [-0.2, -0.15) is 19.6 Å². The number of fused-ring (bicyclic) bond motifs is 1. The number of rotatable bonds is 9. The Hall–Kier alpha value is -3.99. The van der Waals surface area contributed by atoms with Crippen LogP contribution in [0.15, 0.2) is 43.1 Å². The first-order valence-corrected chi connectivity index (χ1v) is 13.1. The summed E-state index contributed by atoms with van der Waals surface area (Å²) in [6.07, 6.45) is 5.54. The van der Waals surface area contributed by atoms with Gasteiger partial charge in [-0.3, -0.25) is 9.59 Å². The molecule has 11 heteroatoms. The van der Waals surface area contributed by atoms with Crippen LogP contribution in [0.1, 0.15) is 50.2 Å². The van der Waals surface area contributed by atoms with Gasteiger partial charge in [0.15, 0.2) is 5.65 Å². The minimum Gasteiger partial charge on any atom is -0.381 e. The van der Waals surface area contributed by atoms with Crippen LogP contribution in [0.4, 0.5) is 17.6 Å². The number of hydrogen-bond acceptors (Lipinski definition) is 8. The summed E-state index contributed by atoms with van der Waals surface area (Å²) in [6.45, 7) is 10.2. The molecule has 0 aliphatic carbocycles. The lowest BCUT2D eigenvalue weighted by atomic mass is 10.0. The van der Waals surface area contributed by atoms with Gasteiger partial charge in [0.1, 0.15) is 6.04 Å². The number of nitrogens with zero attached hydrogens (tertiary/aromatic N) is 5. The van der Waals surface area contributed by atoms with Crippen molar-refractivity contribution in [3.63, 3.8) is 0 Å². The maximum Gasteiger partial charge on any atom is 0.247 e. The van der Waals surface area contributed by atoms with Crippen molar-refractivity contribution in [3.8, 4) is 0 Å². The van der Waals surface area contributed by atoms with Crippen LogP contribution in [0.5, 0.6) is 0 Å². The smallest absolute Gasteiger partial charge is 0.247 e. The number of hydrogen-bond donors (Lipinski definition) is 3. The molecule has 0 unspecified atom stereocenters. The van der Waals surface area contributed by atoms with Crippen LogP contribution in [0.2, 0.25) is 0 Å². The molecule has 200 valence electrons. The average molecular weight is 519 g/mol. The zero-order valence-corrected chi connectivity index (χ0v) is 21.8. The van der Waals surface area contributed by atoms with E-state index in [1.807, 2.05) is 30.5 Å². The first kappa shape index (κ1) is 25.7. The molecule has 1 aromatic carbocycles. The standard InChI is InChI=1S/C27H34N8O3/c1-4-23(36)34-11-8-22(34)25(37)30-20-7-5-6-18(14-20)15-28-27-33-26(31-19-9-12-38-13-10-19)32-24-21(17(2)3)16-29-35(24)27/h4-7,14,16-17,19,22H,1,8-13,15H2,2-3H3,(H,30,37)(H2,28,31,32,33)/t22-/m1/s1. The Kier molecular flexibility index (Phi) is 7.54. The number of ether oxygens (including phenoxy) is 1. The number of amides is 2. The molecule has 2 aliphatic heterocycles. The van der Waals surface area contributed by atoms with Crippen LogP contribution >= 0.6 is 0 Å². The Bertz CT molecular complexity index is 1330. The molecule has 0 bridgehead atoms.